The molecular weight excluding hydrogens is 352 g/mol. The highest BCUT2D eigenvalue weighted by Crippen LogP contribution is 2.37. The summed E-state index contributed by atoms with van der Waals surface area (Å²) in [5, 5.41) is 3.39. The fraction of sp³-hybridized carbons (Fsp3) is 0.550. The van der Waals surface area contributed by atoms with Gasteiger partial charge in [0.2, 0.25) is 5.91 Å². The Morgan fingerprint density at radius 1 is 1.31 bits per heavy atom. The number of carbonyl (C=O) groups excluding carboxylic acids is 1. The third kappa shape index (κ3) is 6.54. The fourth-order valence-corrected chi connectivity index (χ4v) is 3.20. The maximum absolute atomic E-state index is 12.0. The van der Waals surface area contributed by atoms with Gasteiger partial charge in [0.15, 0.2) is 11.5 Å². The molecule has 0 saturated carbocycles. The van der Waals surface area contributed by atoms with E-state index in [1.807, 2.05) is 13.8 Å². The molecule has 1 aliphatic heterocycles. The minimum Gasteiger partial charge on any atom is -0.493 e. The highest BCUT2D eigenvalue weighted by Gasteiger charge is 2.13. The van der Waals surface area contributed by atoms with Crippen LogP contribution in [0, 0.1) is 0 Å². The molecule has 1 fully saturated rings. The number of benzene rings is 1. The average Bonchev–Trinajstić information content (AvgIpc) is 2.62. The Balaban J connectivity index is 1.89. The molecule has 6 heteroatoms. The summed E-state index contributed by atoms with van der Waals surface area (Å²) in [5.74, 6) is 0.961. The van der Waals surface area contributed by atoms with Crippen molar-refractivity contribution in [3.8, 4) is 11.5 Å². The van der Waals surface area contributed by atoms with Gasteiger partial charge in [-0.3, -0.25) is 4.79 Å². The predicted octanol–water partition coefficient (Wildman–Crippen LogP) is 3.75. The molecule has 1 aromatic carbocycles. The van der Waals surface area contributed by atoms with Crippen molar-refractivity contribution in [2.24, 2.45) is 0 Å². The van der Waals surface area contributed by atoms with Crippen LogP contribution >= 0.6 is 11.6 Å². The lowest BCUT2D eigenvalue weighted by Gasteiger charge is -2.26. The van der Waals surface area contributed by atoms with Crippen LogP contribution in [0.3, 0.4) is 0 Å². The lowest BCUT2D eigenvalue weighted by atomic mass is 10.1. The number of hydrogen-bond acceptors (Lipinski definition) is 4. The zero-order chi connectivity index (χ0) is 18.9. The number of methoxy groups -OCH3 is 1. The molecule has 144 valence electrons. The van der Waals surface area contributed by atoms with Crippen LogP contribution < -0.4 is 14.8 Å². The molecule has 1 aliphatic rings. The Morgan fingerprint density at radius 3 is 2.69 bits per heavy atom. The molecule has 0 bridgehead atoms. The van der Waals surface area contributed by atoms with Crippen LogP contribution in [0.4, 0.5) is 0 Å². The van der Waals surface area contributed by atoms with E-state index in [2.05, 4.69) is 10.2 Å². The van der Waals surface area contributed by atoms with Gasteiger partial charge < -0.3 is 19.7 Å². The van der Waals surface area contributed by atoms with Crippen LogP contribution in [0.2, 0.25) is 5.02 Å². The SMILES string of the molecule is COc1cc(C=CC(=O)NCCN2CCCCC2)cc(Cl)c1OC(C)C. The third-order valence-corrected chi connectivity index (χ3v) is 4.49. The number of piperidine rings is 1. The summed E-state index contributed by atoms with van der Waals surface area (Å²) in [6, 6.07) is 3.57. The molecular formula is C20H29ClN2O3. The number of nitrogens with zero attached hydrogens (tertiary/aromatic N) is 1. The minimum atomic E-state index is -0.111. The van der Waals surface area contributed by atoms with E-state index in [9.17, 15) is 4.79 Å². The van der Waals surface area contributed by atoms with E-state index < -0.39 is 0 Å². The van der Waals surface area contributed by atoms with Crippen LogP contribution in [-0.2, 0) is 4.79 Å². The van der Waals surface area contributed by atoms with Crippen molar-refractivity contribution in [1.29, 1.82) is 0 Å². The number of ether oxygens (including phenoxy) is 2. The van der Waals surface area contributed by atoms with Gasteiger partial charge in [0.05, 0.1) is 18.2 Å². The first-order chi connectivity index (χ1) is 12.5. The second kappa shape index (κ2) is 10.4. The van der Waals surface area contributed by atoms with Crippen LogP contribution in [0.1, 0.15) is 38.7 Å². The first-order valence-corrected chi connectivity index (χ1v) is 9.60. The van der Waals surface area contributed by atoms with Gasteiger partial charge in [0.1, 0.15) is 0 Å². The van der Waals surface area contributed by atoms with Crippen molar-refractivity contribution in [3.63, 3.8) is 0 Å². The van der Waals surface area contributed by atoms with E-state index in [1.54, 1.807) is 25.3 Å². The molecule has 0 radical (unpaired) electrons. The van der Waals surface area contributed by atoms with Crippen molar-refractivity contribution >= 4 is 23.6 Å². The van der Waals surface area contributed by atoms with Crippen molar-refractivity contribution in [2.45, 2.75) is 39.2 Å². The molecule has 0 spiro atoms. The maximum atomic E-state index is 12.0. The number of nitrogens with one attached hydrogen (secondary N) is 1. The Bertz CT molecular complexity index is 626. The number of carbonyl (C=O) groups is 1. The van der Waals surface area contributed by atoms with Crippen molar-refractivity contribution < 1.29 is 14.3 Å². The number of rotatable bonds is 8. The molecule has 0 unspecified atom stereocenters. The molecule has 1 aromatic rings. The standard InChI is InChI=1S/C20H29ClN2O3/c1-15(2)26-20-17(21)13-16(14-18(20)25-3)7-8-19(24)22-9-12-23-10-5-4-6-11-23/h7-8,13-15H,4-6,9-12H2,1-3H3,(H,22,24). The Hall–Kier alpha value is -1.72. The average molecular weight is 381 g/mol. The van der Waals surface area contributed by atoms with Crippen molar-refractivity contribution in [2.75, 3.05) is 33.3 Å². The molecule has 0 aromatic heterocycles. The summed E-state index contributed by atoms with van der Waals surface area (Å²) in [6.45, 7) is 7.69. The van der Waals surface area contributed by atoms with Crippen LogP contribution in [0.5, 0.6) is 11.5 Å². The molecule has 1 N–H and O–H groups in total. The van der Waals surface area contributed by atoms with E-state index in [0.717, 1.165) is 25.2 Å². The highest BCUT2D eigenvalue weighted by molar-refractivity contribution is 6.32. The first kappa shape index (κ1) is 20.6. The smallest absolute Gasteiger partial charge is 0.244 e. The van der Waals surface area contributed by atoms with Crippen LogP contribution in [0.25, 0.3) is 6.08 Å². The lowest BCUT2D eigenvalue weighted by Crippen LogP contribution is -2.37. The van der Waals surface area contributed by atoms with Gasteiger partial charge in [0, 0.05) is 19.2 Å². The van der Waals surface area contributed by atoms with Gasteiger partial charge in [0.25, 0.3) is 0 Å². The van der Waals surface area contributed by atoms with Gasteiger partial charge >= 0.3 is 0 Å². The van der Waals surface area contributed by atoms with Crippen molar-refractivity contribution in [1.82, 2.24) is 10.2 Å². The molecule has 2 rings (SSSR count). The lowest BCUT2D eigenvalue weighted by molar-refractivity contribution is -0.116. The van der Waals surface area contributed by atoms with E-state index in [-0.39, 0.29) is 12.0 Å². The summed E-state index contributed by atoms with van der Waals surface area (Å²) in [5.41, 5.74) is 0.786. The van der Waals surface area contributed by atoms with Gasteiger partial charge in [-0.05, 0) is 63.6 Å². The van der Waals surface area contributed by atoms with E-state index >= 15 is 0 Å². The van der Waals surface area contributed by atoms with Gasteiger partial charge in [-0.15, -0.1) is 0 Å². The Labute approximate surface area is 161 Å². The summed E-state index contributed by atoms with van der Waals surface area (Å²) < 4.78 is 11.1. The van der Waals surface area contributed by atoms with Crippen LogP contribution in [0.15, 0.2) is 18.2 Å². The van der Waals surface area contributed by atoms with Gasteiger partial charge in [-0.1, -0.05) is 18.0 Å². The zero-order valence-electron chi connectivity index (χ0n) is 15.9. The van der Waals surface area contributed by atoms with Gasteiger partial charge in [-0.2, -0.15) is 0 Å². The van der Waals surface area contributed by atoms with Crippen LogP contribution in [-0.4, -0.2) is 50.2 Å². The largest absolute Gasteiger partial charge is 0.493 e. The summed E-state index contributed by atoms with van der Waals surface area (Å²) in [4.78, 5) is 14.4. The predicted molar refractivity (Wildman–Crippen MR) is 106 cm³/mol. The summed E-state index contributed by atoms with van der Waals surface area (Å²) >= 11 is 6.30. The minimum absolute atomic E-state index is 0.00604. The summed E-state index contributed by atoms with van der Waals surface area (Å²) in [7, 11) is 1.57. The molecule has 5 nitrogen and oxygen atoms in total. The number of hydrogen-bond donors (Lipinski definition) is 1. The number of amides is 1. The normalized spacial score (nSPS) is 15.4. The molecule has 1 heterocycles. The Morgan fingerprint density at radius 2 is 2.04 bits per heavy atom. The molecule has 1 amide bonds. The quantitative estimate of drug-likeness (QED) is 0.698. The highest BCUT2D eigenvalue weighted by atomic mass is 35.5. The molecule has 1 saturated heterocycles. The van der Waals surface area contributed by atoms with Gasteiger partial charge in [-0.25, -0.2) is 0 Å². The first-order valence-electron chi connectivity index (χ1n) is 9.22. The fourth-order valence-electron chi connectivity index (χ4n) is 2.94. The topological polar surface area (TPSA) is 50.8 Å². The maximum Gasteiger partial charge on any atom is 0.244 e. The Kier molecular flexibility index (Phi) is 8.26. The number of halogens is 1. The zero-order valence-corrected chi connectivity index (χ0v) is 16.6. The number of likely N-dealkylation sites (tertiary alicyclic amines) is 1. The molecule has 0 aliphatic carbocycles. The second-order valence-corrected chi connectivity index (χ2v) is 7.13. The monoisotopic (exact) mass is 380 g/mol. The van der Waals surface area contributed by atoms with E-state index in [1.165, 1.54) is 25.3 Å². The summed E-state index contributed by atoms with van der Waals surface area (Å²) in [6.07, 6.45) is 7.07. The second-order valence-electron chi connectivity index (χ2n) is 6.73. The molecule has 0 atom stereocenters. The van der Waals surface area contributed by atoms with E-state index in [4.69, 9.17) is 21.1 Å². The molecule has 26 heavy (non-hydrogen) atoms. The van der Waals surface area contributed by atoms with E-state index in [0.29, 0.717) is 23.1 Å². The van der Waals surface area contributed by atoms with Crippen molar-refractivity contribution in [3.05, 3.63) is 28.8 Å². The third-order valence-electron chi connectivity index (χ3n) is 4.21.